The second-order valence-electron chi connectivity index (χ2n) is 4.38. The highest BCUT2D eigenvalue weighted by atomic mass is 35.5. The zero-order chi connectivity index (χ0) is 18.2. The van der Waals surface area contributed by atoms with E-state index in [9.17, 15) is 14.7 Å². The first-order valence-electron chi connectivity index (χ1n) is 6.53. The lowest BCUT2D eigenvalue weighted by atomic mass is 10.3. The van der Waals surface area contributed by atoms with Crippen molar-refractivity contribution in [1.82, 2.24) is 0 Å². The topological polar surface area (TPSA) is 87.9 Å². The second-order valence-corrected chi connectivity index (χ2v) is 7.83. The van der Waals surface area contributed by atoms with Crippen LogP contribution in [0.4, 0.5) is 5.69 Å². The van der Waals surface area contributed by atoms with Gasteiger partial charge in [0.25, 0.3) is 5.69 Å². The van der Waals surface area contributed by atoms with E-state index in [0.29, 0.717) is 0 Å². The normalized spacial score (nSPS) is 16.2. The monoisotopic (exact) mass is 439 g/mol. The number of nitro benzene ring substituents is 1. The van der Waals surface area contributed by atoms with Gasteiger partial charge in [0.1, 0.15) is 5.75 Å². The van der Waals surface area contributed by atoms with E-state index in [-0.39, 0.29) is 36.4 Å². The number of hydrogen-bond donors (Lipinski definition) is 0. The van der Waals surface area contributed by atoms with Gasteiger partial charge in [-0.15, -0.1) is 46.4 Å². The molecule has 7 nitrogen and oxygen atoms in total. The third-order valence-electron chi connectivity index (χ3n) is 2.43. The Balaban J connectivity index is 2.82. The van der Waals surface area contributed by atoms with Crippen LogP contribution in [0.15, 0.2) is 24.3 Å². The molecule has 0 spiro atoms. The summed E-state index contributed by atoms with van der Waals surface area (Å²) in [6.07, 6.45) is 0. The summed E-state index contributed by atoms with van der Waals surface area (Å²) in [5.74, 6) is 0.190. The molecule has 2 unspecified atom stereocenters. The van der Waals surface area contributed by atoms with E-state index in [1.165, 1.54) is 24.3 Å². The van der Waals surface area contributed by atoms with E-state index >= 15 is 0 Å². The Labute approximate surface area is 158 Å². The Morgan fingerprint density at radius 1 is 1.04 bits per heavy atom. The Morgan fingerprint density at radius 2 is 1.50 bits per heavy atom. The van der Waals surface area contributed by atoms with E-state index < -0.39 is 23.5 Å². The Morgan fingerprint density at radius 3 is 1.88 bits per heavy atom. The summed E-state index contributed by atoms with van der Waals surface area (Å²) in [5.41, 5.74) is -0.148. The van der Waals surface area contributed by atoms with Crippen LogP contribution in [0.3, 0.4) is 0 Å². The first-order valence-corrected chi connectivity index (χ1v) is 9.93. The molecular formula is C12H14Cl4NO6P. The predicted octanol–water partition coefficient (Wildman–Crippen LogP) is 4.81. The summed E-state index contributed by atoms with van der Waals surface area (Å²) in [7, 11) is -4.07. The molecule has 12 heteroatoms. The quantitative estimate of drug-likeness (QED) is 0.212. The predicted molar refractivity (Wildman–Crippen MR) is 94.0 cm³/mol. The molecule has 0 bridgehead atoms. The average Bonchev–Trinajstić information content (AvgIpc) is 2.58. The zero-order valence-corrected chi connectivity index (χ0v) is 16.1. The van der Waals surface area contributed by atoms with Gasteiger partial charge in [-0.25, -0.2) is 4.57 Å². The van der Waals surface area contributed by atoms with Gasteiger partial charge in [0.2, 0.25) is 0 Å². The van der Waals surface area contributed by atoms with E-state index in [1.807, 2.05) is 0 Å². The smallest absolute Gasteiger partial charge is 0.404 e. The van der Waals surface area contributed by atoms with Crippen molar-refractivity contribution in [2.24, 2.45) is 0 Å². The molecule has 1 aromatic rings. The van der Waals surface area contributed by atoms with Crippen molar-refractivity contribution < 1.29 is 23.1 Å². The highest BCUT2D eigenvalue weighted by Gasteiger charge is 2.31. The third-order valence-corrected chi connectivity index (χ3v) is 5.41. The van der Waals surface area contributed by atoms with Crippen LogP contribution in [-0.4, -0.2) is 40.7 Å². The molecule has 0 heterocycles. The maximum atomic E-state index is 12.6. The number of benzene rings is 1. The van der Waals surface area contributed by atoms with Crippen LogP contribution in [0.5, 0.6) is 5.75 Å². The minimum absolute atomic E-state index is 0.0536. The van der Waals surface area contributed by atoms with Crippen molar-refractivity contribution in [3.05, 3.63) is 34.4 Å². The Kier molecular flexibility index (Phi) is 9.67. The van der Waals surface area contributed by atoms with Gasteiger partial charge < -0.3 is 4.52 Å². The molecule has 0 amide bonds. The molecule has 1 rings (SSSR count). The molecule has 0 aliphatic heterocycles. The molecule has 24 heavy (non-hydrogen) atoms. The number of nitro groups is 1. The fourth-order valence-electron chi connectivity index (χ4n) is 1.28. The highest BCUT2D eigenvalue weighted by molar-refractivity contribution is 7.48. The van der Waals surface area contributed by atoms with Crippen molar-refractivity contribution in [2.45, 2.75) is 10.8 Å². The minimum atomic E-state index is -4.07. The van der Waals surface area contributed by atoms with Crippen LogP contribution in [-0.2, 0) is 13.6 Å². The van der Waals surface area contributed by atoms with E-state index in [0.717, 1.165) is 0 Å². The molecule has 1 aromatic carbocycles. The van der Waals surface area contributed by atoms with Crippen molar-refractivity contribution in [3.63, 3.8) is 0 Å². The number of alkyl halides is 4. The van der Waals surface area contributed by atoms with Gasteiger partial charge in [-0.05, 0) is 12.1 Å². The summed E-state index contributed by atoms with van der Waals surface area (Å²) < 4.78 is 28.1. The molecule has 0 aliphatic rings. The summed E-state index contributed by atoms with van der Waals surface area (Å²) in [6, 6.07) is 4.89. The number of phosphoric ester groups is 1. The number of halogens is 4. The van der Waals surface area contributed by atoms with Crippen LogP contribution in [0, 0.1) is 10.1 Å². The van der Waals surface area contributed by atoms with Crippen molar-refractivity contribution in [2.75, 3.05) is 25.0 Å². The van der Waals surface area contributed by atoms with Crippen molar-refractivity contribution in [1.29, 1.82) is 0 Å². The molecule has 2 atom stereocenters. The van der Waals surface area contributed by atoms with Gasteiger partial charge in [0, 0.05) is 23.9 Å². The summed E-state index contributed by atoms with van der Waals surface area (Å²) in [6.45, 7) is -0.383. The first kappa shape index (κ1) is 21.8. The van der Waals surface area contributed by atoms with Crippen LogP contribution in [0.1, 0.15) is 0 Å². The largest absolute Gasteiger partial charge is 0.530 e. The lowest BCUT2D eigenvalue weighted by Gasteiger charge is -2.20. The third kappa shape index (κ3) is 7.74. The SMILES string of the molecule is O=[N+]([O-])c1ccc(OP(=O)(OCC(Cl)CCl)OCC(Cl)CCl)cc1. The standard InChI is InChI=1S/C12H14Cl4NO6P/c13-5-9(15)7-21-24(20,22-8-10(16)6-14)23-12-3-1-11(2-4-12)17(18)19/h1-4,9-10H,5-8H2. The molecule has 0 N–H and O–H groups in total. The summed E-state index contributed by atoms with van der Waals surface area (Å²) in [4.78, 5) is 10.0. The molecule has 0 aliphatic carbocycles. The summed E-state index contributed by atoms with van der Waals surface area (Å²) in [5, 5.41) is 9.41. The fraction of sp³-hybridized carbons (Fsp3) is 0.500. The van der Waals surface area contributed by atoms with Crippen molar-refractivity contribution in [3.8, 4) is 5.75 Å². The molecule has 0 radical (unpaired) electrons. The molecule has 0 aromatic heterocycles. The number of nitrogens with zero attached hydrogens (tertiary/aromatic N) is 1. The number of rotatable bonds is 11. The number of non-ortho nitro benzene ring substituents is 1. The minimum Gasteiger partial charge on any atom is -0.404 e. The molecule has 0 saturated carbocycles. The van der Waals surface area contributed by atoms with Crippen LogP contribution in [0.2, 0.25) is 0 Å². The maximum Gasteiger partial charge on any atom is 0.530 e. The van der Waals surface area contributed by atoms with E-state index in [2.05, 4.69) is 0 Å². The fourth-order valence-corrected chi connectivity index (χ4v) is 3.05. The van der Waals surface area contributed by atoms with Gasteiger partial charge in [0.15, 0.2) is 0 Å². The van der Waals surface area contributed by atoms with E-state index in [4.69, 9.17) is 60.0 Å². The van der Waals surface area contributed by atoms with Gasteiger partial charge in [-0.3, -0.25) is 19.2 Å². The lowest BCUT2D eigenvalue weighted by Crippen LogP contribution is -2.16. The van der Waals surface area contributed by atoms with Crippen LogP contribution >= 0.6 is 54.2 Å². The number of hydrogen-bond acceptors (Lipinski definition) is 6. The maximum absolute atomic E-state index is 12.6. The summed E-state index contributed by atoms with van der Waals surface area (Å²) >= 11 is 22.7. The molecule has 0 saturated heterocycles. The van der Waals surface area contributed by atoms with Gasteiger partial charge in [-0.2, -0.15) is 0 Å². The van der Waals surface area contributed by atoms with Crippen molar-refractivity contribution >= 4 is 59.9 Å². The van der Waals surface area contributed by atoms with Gasteiger partial charge in [-0.1, -0.05) is 0 Å². The van der Waals surface area contributed by atoms with Crippen LogP contribution < -0.4 is 4.52 Å². The zero-order valence-electron chi connectivity index (χ0n) is 12.1. The average molecular weight is 441 g/mol. The van der Waals surface area contributed by atoms with Gasteiger partial charge >= 0.3 is 7.82 Å². The molecule has 136 valence electrons. The Bertz CT molecular complexity index is 557. The molecule has 0 fully saturated rings. The van der Waals surface area contributed by atoms with E-state index in [1.54, 1.807) is 0 Å². The van der Waals surface area contributed by atoms with Gasteiger partial charge in [0.05, 0.1) is 28.9 Å². The second kappa shape index (κ2) is 10.7. The molecular weight excluding hydrogens is 427 g/mol. The van der Waals surface area contributed by atoms with Crippen LogP contribution in [0.25, 0.3) is 0 Å². The first-order chi connectivity index (χ1) is 11.3. The number of phosphoric acid groups is 1. The Hall–Kier alpha value is -0.270. The highest BCUT2D eigenvalue weighted by Crippen LogP contribution is 2.50. The lowest BCUT2D eigenvalue weighted by molar-refractivity contribution is -0.384.